The van der Waals surface area contributed by atoms with E-state index in [1.54, 1.807) is 0 Å². The molecule has 2 aliphatic rings. The zero-order chi connectivity index (χ0) is 18.4. The van der Waals surface area contributed by atoms with Crippen molar-refractivity contribution in [2.24, 2.45) is 23.7 Å². The van der Waals surface area contributed by atoms with E-state index >= 15 is 0 Å². The van der Waals surface area contributed by atoms with Crippen LogP contribution in [0.1, 0.15) is 30.4 Å². The molecule has 2 N–H and O–H groups in total. The van der Waals surface area contributed by atoms with Crippen molar-refractivity contribution in [1.82, 2.24) is 4.98 Å². The number of thiazole rings is 1. The second-order valence-corrected chi connectivity index (χ2v) is 8.41. The molecule has 2 saturated carbocycles. The summed E-state index contributed by atoms with van der Waals surface area (Å²) in [4.78, 5) is 28.9. The summed E-state index contributed by atoms with van der Waals surface area (Å²) in [5.74, 6) is -1.66. The average molecular weight is 370 g/mol. The number of carboxylic acid groups (broad SMARTS) is 1. The van der Waals surface area contributed by atoms with Crippen LogP contribution < -0.4 is 5.32 Å². The number of hydrogen-bond donors (Lipinski definition) is 2. The highest BCUT2D eigenvalue weighted by atomic mass is 32.1. The Labute approximate surface area is 156 Å². The van der Waals surface area contributed by atoms with Gasteiger partial charge >= 0.3 is 5.97 Å². The Balaban J connectivity index is 1.51. The van der Waals surface area contributed by atoms with E-state index in [0.29, 0.717) is 5.13 Å². The molecule has 1 heterocycles. The van der Waals surface area contributed by atoms with Gasteiger partial charge in [-0.05, 0) is 62.1 Å². The first-order chi connectivity index (χ1) is 12.4. The van der Waals surface area contributed by atoms with Crippen LogP contribution in [0, 0.1) is 37.5 Å². The number of fused-ring (bicyclic) bond motifs is 2. The minimum atomic E-state index is -0.840. The summed E-state index contributed by atoms with van der Waals surface area (Å²) < 4.78 is 0. The summed E-state index contributed by atoms with van der Waals surface area (Å²) in [5.41, 5.74) is 4.28. The minimum Gasteiger partial charge on any atom is -0.481 e. The van der Waals surface area contributed by atoms with E-state index in [-0.39, 0.29) is 17.7 Å². The predicted octanol–water partition coefficient (Wildman–Crippen LogP) is 4.11. The fraction of sp³-hybridized carbons (Fsp3) is 0.450. The number of carbonyl (C=O) groups excluding carboxylic acids is 1. The molecule has 1 aromatic carbocycles. The lowest BCUT2D eigenvalue weighted by molar-refractivity contribution is -0.148. The fourth-order valence-corrected chi connectivity index (χ4v) is 5.30. The SMILES string of the molecule is Cc1ccc(-c2csc(NC(=O)[C@H]3[C@H]4CC[C@H](C4)[C@H]3C(=O)O)n2)cc1C. The number of hydrogen-bond acceptors (Lipinski definition) is 4. The maximum atomic E-state index is 12.8. The molecule has 0 spiro atoms. The average Bonchev–Trinajstić information content (AvgIpc) is 3.32. The largest absolute Gasteiger partial charge is 0.481 e. The maximum absolute atomic E-state index is 12.8. The quantitative estimate of drug-likeness (QED) is 0.849. The van der Waals surface area contributed by atoms with Crippen LogP contribution >= 0.6 is 11.3 Å². The molecular weight excluding hydrogens is 348 g/mol. The van der Waals surface area contributed by atoms with E-state index in [0.717, 1.165) is 30.5 Å². The van der Waals surface area contributed by atoms with E-state index in [1.807, 2.05) is 11.4 Å². The van der Waals surface area contributed by atoms with Crippen molar-refractivity contribution in [2.75, 3.05) is 5.32 Å². The summed E-state index contributed by atoms with van der Waals surface area (Å²) in [5, 5.41) is 14.9. The summed E-state index contributed by atoms with van der Waals surface area (Å²) in [7, 11) is 0. The van der Waals surface area contributed by atoms with Crippen molar-refractivity contribution in [1.29, 1.82) is 0 Å². The van der Waals surface area contributed by atoms with Gasteiger partial charge in [0.1, 0.15) is 0 Å². The van der Waals surface area contributed by atoms with Crippen molar-refractivity contribution >= 4 is 28.3 Å². The number of rotatable bonds is 4. The second-order valence-electron chi connectivity index (χ2n) is 7.55. The molecule has 6 heteroatoms. The topological polar surface area (TPSA) is 79.3 Å². The van der Waals surface area contributed by atoms with Crippen LogP contribution in [0.3, 0.4) is 0 Å². The monoisotopic (exact) mass is 370 g/mol. The van der Waals surface area contributed by atoms with Gasteiger partial charge in [-0.15, -0.1) is 11.3 Å². The Morgan fingerprint density at radius 2 is 1.88 bits per heavy atom. The summed E-state index contributed by atoms with van der Waals surface area (Å²) >= 11 is 1.38. The normalized spacial score (nSPS) is 26.8. The molecular formula is C20H22N2O3S. The molecule has 0 aliphatic heterocycles. The van der Waals surface area contributed by atoms with Gasteiger partial charge in [0, 0.05) is 10.9 Å². The summed E-state index contributed by atoms with van der Waals surface area (Å²) in [6.45, 7) is 4.13. The summed E-state index contributed by atoms with van der Waals surface area (Å²) in [6, 6.07) is 6.18. The Hall–Kier alpha value is -2.21. The van der Waals surface area contributed by atoms with E-state index in [4.69, 9.17) is 0 Å². The first kappa shape index (κ1) is 17.2. The molecule has 0 saturated heterocycles. The molecule has 4 rings (SSSR count). The van der Waals surface area contributed by atoms with Gasteiger partial charge in [-0.3, -0.25) is 9.59 Å². The van der Waals surface area contributed by atoms with Gasteiger partial charge in [0.15, 0.2) is 5.13 Å². The number of amides is 1. The highest BCUT2D eigenvalue weighted by Crippen LogP contribution is 2.52. The molecule has 2 fully saturated rings. The van der Waals surface area contributed by atoms with Gasteiger partial charge in [0.2, 0.25) is 5.91 Å². The third kappa shape index (κ3) is 2.92. The van der Waals surface area contributed by atoms with E-state index in [2.05, 4.69) is 36.3 Å². The molecule has 1 amide bonds. The number of anilines is 1. The molecule has 2 aromatic rings. The Morgan fingerprint density at radius 3 is 2.58 bits per heavy atom. The highest BCUT2D eigenvalue weighted by Gasteiger charge is 2.54. The number of nitrogens with one attached hydrogen (secondary N) is 1. The van der Waals surface area contributed by atoms with Crippen LogP contribution in [0.2, 0.25) is 0 Å². The van der Waals surface area contributed by atoms with Crippen molar-refractivity contribution in [2.45, 2.75) is 33.1 Å². The number of aliphatic carboxylic acids is 1. The lowest BCUT2D eigenvalue weighted by atomic mass is 9.79. The van der Waals surface area contributed by atoms with Gasteiger partial charge < -0.3 is 10.4 Å². The van der Waals surface area contributed by atoms with Crippen LogP contribution in [0.5, 0.6) is 0 Å². The number of aromatic nitrogens is 1. The van der Waals surface area contributed by atoms with E-state index in [9.17, 15) is 14.7 Å². The van der Waals surface area contributed by atoms with Crippen molar-refractivity contribution < 1.29 is 14.7 Å². The van der Waals surface area contributed by atoms with Crippen molar-refractivity contribution in [3.8, 4) is 11.3 Å². The van der Waals surface area contributed by atoms with Crippen LogP contribution in [0.15, 0.2) is 23.6 Å². The van der Waals surface area contributed by atoms with Gasteiger partial charge in [-0.1, -0.05) is 12.1 Å². The lowest BCUT2D eigenvalue weighted by Crippen LogP contribution is -2.37. The lowest BCUT2D eigenvalue weighted by Gasteiger charge is -2.26. The number of aryl methyl sites for hydroxylation is 2. The van der Waals surface area contributed by atoms with E-state index < -0.39 is 17.8 Å². The van der Waals surface area contributed by atoms with Crippen molar-refractivity contribution in [3.63, 3.8) is 0 Å². The molecule has 5 nitrogen and oxygen atoms in total. The molecule has 26 heavy (non-hydrogen) atoms. The zero-order valence-electron chi connectivity index (χ0n) is 14.9. The fourth-order valence-electron chi connectivity index (χ4n) is 4.58. The molecule has 0 radical (unpaired) electrons. The molecule has 136 valence electrons. The molecule has 1 aromatic heterocycles. The van der Waals surface area contributed by atoms with Gasteiger partial charge in [-0.2, -0.15) is 0 Å². The van der Waals surface area contributed by atoms with Crippen LogP contribution in [-0.2, 0) is 9.59 Å². The Kier molecular flexibility index (Phi) is 4.31. The van der Waals surface area contributed by atoms with Crippen molar-refractivity contribution in [3.05, 3.63) is 34.7 Å². The third-order valence-corrected chi connectivity index (χ3v) is 6.80. The Morgan fingerprint density at radius 1 is 1.15 bits per heavy atom. The first-order valence-corrected chi connectivity index (χ1v) is 9.89. The predicted molar refractivity (Wildman–Crippen MR) is 101 cm³/mol. The van der Waals surface area contributed by atoms with E-state index in [1.165, 1.54) is 22.5 Å². The zero-order valence-corrected chi connectivity index (χ0v) is 15.7. The maximum Gasteiger partial charge on any atom is 0.307 e. The van der Waals surface area contributed by atoms with Gasteiger partial charge in [-0.25, -0.2) is 4.98 Å². The van der Waals surface area contributed by atoms with Crippen LogP contribution in [0.25, 0.3) is 11.3 Å². The smallest absolute Gasteiger partial charge is 0.307 e. The standard InChI is InChI=1S/C20H22N2O3S/c1-10-3-4-12(7-11(10)2)15-9-26-20(21-15)22-18(23)16-13-5-6-14(8-13)17(16)19(24)25/h3-4,7,9,13-14,16-17H,5-6,8H2,1-2H3,(H,24,25)(H,21,22,23)/t13-,14+,16-,17+/m0/s1. The first-order valence-electron chi connectivity index (χ1n) is 9.01. The minimum absolute atomic E-state index is 0.149. The number of carbonyl (C=O) groups is 2. The molecule has 0 unspecified atom stereocenters. The van der Waals surface area contributed by atoms with Crippen LogP contribution in [0.4, 0.5) is 5.13 Å². The summed E-state index contributed by atoms with van der Waals surface area (Å²) in [6.07, 6.45) is 2.75. The van der Waals surface area contributed by atoms with Gasteiger partial charge in [0.05, 0.1) is 17.5 Å². The van der Waals surface area contributed by atoms with Crippen LogP contribution in [-0.4, -0.2) is 22.0 Å². The molecule has 2 bridgehead atoms. The Bertz CT molecular complexity index is 876. The number of nitrogens with zero attached hydrogens (tertiary/aromatic N) is 1. The number of carboxylic acids is 1. The number of benzene rings is 1. The van der Waals surface area contributed by atoms with Gasteiger partial charge in [0.25, 0.3) is 0 Å². The highest BCUT2D eigenvalue weighted by molar-refractivity contribution is 7.14. The molecule has 4 atom stereocenters. The second kappa shape index (κ2) is 6.50. The molecule has 2 aliphatic carbocycles. The third-order valence-electron chi connectivity index (χ3n) is 6.04.